The fraction of sp³-hybridized carbons (Fsp3) is 0.545. The van der Waals surface area contributed by atoms with E-state index in [1.54, 1.807) is 0 Å². The molecule has 1 aromatic heterocycles. The first-order valence-electron chi connectivity index (χ1n) is 6.43. The summed E-state index contributed by atoms with van der Waals surface area (Å²) < 4.78 is 24.7. The quantitative estimate of drug-likeness (QED) is 0.453. The smallest absolute Gasteiger partial charge is 0.276 e. The molecule has 1 aromatic rings. The van der Waals surface area contributed by atoms with Crippen LogP contribution in [0.15, 0.2) is 12.1 Å². The Hall–Kier alpha value is -1.94. The first kappa shape index (κ1) is 17.1. The zero-order valence-corrected chi connectivity index (χ0v) is 12.7. The normalized spacial score (nSPS) is 11.1. The molecule has 0 saturated heterocycles. The number of rotatable bonds is 9. The Morgan fingerprint density at radius 1 is 1.24 bits per heavy atom. The van der Waals surface area contributed by atoms with Crippen molar-refractivity contribution < 1.29 is 13.3 Å². The number of anilines is 2. The number of hydrogen-bond donors (Lipinski definition) is 3. The highest BCUT2D eigenvalue weighted by molar-refractivity contribution is 7.89. The first-order valence-corrected chi connectivity index (χ1v) is 8.08. The van der Waals surface area contributed by atoms with Crippen LogP contribution >= 0.6 is 0 Å². The minimum absolute atomic E-state index is 0.102. The van der Waals surface area contributed by atoms with Crippen molar-refractivity contribution in [2.24, 2.45) is 0 Å². The number of nitrogens with one attached hydrogen (secondary N) is 3. The number of nitro groups is 1. The molecule has 3 N–H and O–H groups in total. The van der Waals surface area contributed by atoms with Gasteiger partial charge in [0.1, 0.15) is 11.6 Å². The van der Waals surface area contributed by atoms with Crippen molar-refractivity contribution >= 4 is 27.3 Å². The monoisotopic (exact) mass is 317 g/mol. The Labute approximate surface area is 123 Å². The molecule has 0 spiro atoms. The van der Waals surface area contributed by atoms with Crippen molar-refractivity contribution in [3.8, 4) is 0 Å². The van der Waals surface area contributed by atoms with E-state index >= 15 is 0 Å². The van der Waals surface area contributed by atoms with Crippen molar-refractivity contribution in [2.75, 3.05) is 36.5 Å². The SMILES string of the molecule is CCCNc1cc([N+](=O)[O-])cc(NCCS(=O)(=O)NC)n1. The molecule has 0 aliphatic rings. The minimum atomic E-state index is -3.33. The minimum Gasteiger partial charge on any atom is -0.370 e. The van der Waals surface area contributed by atoms with Gasteiger partial charge >= 0.3 is 0 Å². The highest BCUT2D eigenvalue weighted by Crippen LogP contribution is 2.20. The van der Waals surface area contributed by atoms with Crippen LogP contribution in [0.2, 0.25) is 0 Å². The van der Waals surface area contributed by atoms with Gasteiger partial charge in [-0.15, -0.1) is 0 Å². The summed E-state index contributed by atoms with van der Waals surface area (Å²) in [5.41, 5.74) is -0.109. The molecule has 1 rings (SSSR count). The summed E-state index contributed by atoms with van der Waals surface area (Å²) in [6, 6.07) is 2.61. The maximum absolute atomic E-state index is 11.3. The summed E-state index contributed by atoms with van der Waals surface area (Å²) in [6.07, 6.45) is 0.855. The van der Waals surface area contributed by atoms with Crippen molar-refractivity contribution in [1.82, 2.24) is 9.71 Å². The highest BCUT2D eigenvalue weighted by Gasteiger charge is 2.12. The van der Waals surface area contributed by atoms with E-state index < -0.39 is 14.9 Å². The van der Waals surface area contributed by atoms with Gasteiger partial charge in [0.15, 0.2) is 0 Å². The molecule has 1 heterocycles. The van der Waals surface area contributed by atoms with Crippen molar-refractivity contribution in [3.63, 3.8) is 0 Å². The van der Waals surface area contributed by atoms with Gasteiger partial charge in [0.2, 0.25) is 10.0 Å². The second-order valence-corrected chi connectivity index (χ2v) is 6.28. The van der Waals surface area contributed by atoms with E-state index in [1.165, 1.54) is 19.2 Å². The number of aromatic nitrogens is 1. The molecule has 0 amide bonds. The lowest BCUT2D eigenvalue weighted by Crippen LogP contribution is -2.26. The Morgan fingerprint density at radius 3 is 2.29 bits per heavy atom. The summed E-state index contributed by atoms with van der Waals surface area (Å²) in [5, 5.41) is 16.6. The zero-order chi connectivity index (χ0) is 15.9. The largest absolute Gasteiger partial charge is 0.370 e. The van der Waals surface area contributed by atoms with E-state index in [0.29, 0.717) is 12.4 Å². The summed E-state index contributed by atoms with van der Waals surface area (Å²) in [7, 11) is -2.00. The molecule has 21 heavy (non-hydrogen) atoms. The first-order chi connectivity index (χ1) is 9.88. The predicted octanol–water partition coefficient (Wildman–Crippen LogP) is 0.773. The standard InChI is InChI=1S/C11H19N5O4S/c1-3-4-13-10-7-9(16(17)18)8-11(15-10)14-5-6-21(19,20)12-2/h7-8,12H,3-6H2,1-2H3,(H2,13,14,15). The summed E-state index contributed by atoms with van der Waals surface area (Å²) in [6.45, 7) is 2.71. The van der Waals surface area contributed by atoms with Crippen molar-refractivity contribution in [2.45, 2.75) is 13.3 Å². The molecular weight excluding hydrogens is 298 g/mol. The van der Waals surface area contributed by atoms with Gasteiger partial charge in [0.25, 0.3) is 5.69 Å². The Morgan fingerprint density at radius 2 is 1.81 bits per heavy atom. The third kappa shape index (κ3) is 5.92. The fourth-order valence-electron chi connectivity index (χ4n) is 1.47. The van der Waals surface area contributed by atoms with Gasteiger partial charge in [-0.1, -0.05) is 6.92 Å². The molecular formula is C11H19N5O4S. The Bertz CT molecular complexity index is 590. The van der Waals surface area contributed by atoms with Crippen LogP contribution in [-0.4, -0.2) is 44.2 Å². The van der Waals surface area contributed by atoms with Crippen LogP contribution in [0.3, 0.4) is 0 Å². The third-order valence-electron chi connectivity index (χ3n) is 2.56. The number of hydrogen-bond acceptors (Lipinski definition) is 7. The number of sulfonamides is 1. The van der Waals surface area contributed by atoms with E-state index in [9.17, 15) is 18.5 Å². The molecule has 9 nitrogen and oxygen atoms in total. The second kappa shape index (κ2) is 7.74. The summed E-state index contributed by atoms with van der Waals surface area (Å²) in [4.78, 5) is 14.5. The predicted molar refractivity (Wildman–Crippen MR) is 81.0 cm³/mol. The molecule has 0 saturated carbocycles. The van der Waals surface area contributed by atoms with Gasteiger partial charge in [-0.3, -0.25) is 10.1 Å². The summed E-state index contributed by atoms with van der Waals surface area (Å²) >= 11 is 0. The fourth-order valence-corrected chi connectivity index (χ4v) is 2.05. The highest BCUT2D eigenvalue weighted by atomic mass is 32.2. The lowest BCUT2D eigenvalue weighted by Gasteiger charge is -2.09. The number of nitrogens with zero attached hydrogens (tertiary/aromatic N) is 2. The van der Waals surface area contributed by atoms with E-state index in [2.05, 4.69) is 20.3 Å². The van der Waals surface area contributed by atoms with E-state index in [4.69, 9.17) is 0 Å². The van der Waals surface area contributed by atoms with Gasteiger partial charge < -0.3 is 10.6 Å². The van der Waals surface area contributed by atoms with Crippen LogP contribution in [0.25, 0.3) is 0 Å². The molecule has 118 valence electrons. The van der Waals surface area contributed by atoms with Gasteiger partial charge in [0.05, 0.1) is 22.8 Å². The maximum Gasteiger partial charge on any atom is 0.276 e. The van der Waals surface area contributed by atoms with E-state index in [1.807, 2.05) is 6.92 Å². The molecule has 0 aliphatic carbocycles. The van der Waals surface area contributed by atoms with Crippen LogP contribution < -0.4 is 15.4 Å². The topological polar surface area (TPSA) is 126 Å². The van der Waals surface area contributed by atoms with Crippen LogP contribution in [0, 0.1) is 10.1 Å². The zero-order valence-electron chi connectivity index (χ0n) is 11.9. The molecule has 0 aromatic carbocycles. The third-order valence-corrected chi connectivity index (χ3v) is 3.93. The summed E-state index contributed by atoms with van der Waals surface area (Å²) in [5.74, 6) is 0.491. The van der Waals surface area contributed by atoms with Crippen molar-refractivity contribution in [3.05, 3.63) is 22.2 Å². The van der Waals surface area contributed by atoms with Crippen LogP contribution in [0.4, 0.5) is 17.3 Å². The van der Waals surface area contributed by atoms with Crippen molar-refractivity contribution in [1.29, 1.82) is 0 Å². The Balaban J connectivity index is 2.80. The lowest BCUT2D eigenvalue weighted by molar-refractivity contribution is -0.384. The molecule has 0 atom stereocenters. The Kier molecular flexibility index (Phi) is 6.31. The molecule has 10 heteroatoms. The average molecular weight is 317 g/mol. The molecule has 0 fully saturated rings. The van der Waals surface area contributed by atoms with Crippen LogP contribution in [0.5, 0.6) is 0 Å². The van der Waals surface area contributed by atoms with Crippen LogP contribution in [0.1, 0.15) is 13.3 Å². The molecule has 0 bridgehead atoms. The number of pyridine rings is 1. The average Bonchev–Trinajstić information content (AvgIpc) is 2.44. The lowest BCUT2D eigenvalue weighted by atomic mass is 10.3. The van der Waals surface area contributed by atoms with E-state index in [-0.39, 0.29) is 23.8 Å². The van der Waals surface area contributed by atoms with Gasteiger partial charge in [-0.25, -0.2) is 18.1 Å². The second-order valence-electron chi connectivity index (χ2n) is 4.23. The van der Waals surface area contributed by atoms with Gasteiger partial charge in [-0.05, 0) is 13.5 Å². The van der Waals surface area contributed by atoms with Gasteiger partial charge in [0, 0.05) is 13.1 Å². The van der Waals surface area contributed by atoms with E-state index in [0.717, 1.165) is 6.42 Å². The van der Waals surface area contributed by atoms with Crippen LogP contribution in [-0.2, 0) is 10.0 Å². The van der Waals surface area contributed by atoms with Gasteiger partial charge in [-0.2, -0.15) is 0 Å². The molecule has 0 unspecified atom stereocenters. The maximum atomic E-state index is 11.3. The molecule has 0 radical (unpaired) electrons. The molecule has 0 aliphatic heterocycles.